The first-order valence-corrected chi connectivity index (χ1v) is 11.3. The van der Waals surface area contributed by atoms with Gasteiger partial charge in [-0.15, -0.1) is 0 Å². The quantitative estimate of drug-likeness (QED) is 0.329. The largest absolute Gasteiger partial charge is 0.370 e. The van der Waals surface area contributed by atoms with Crippen molar-refractivity contribution in [2.24, 2.45) is 0 Å². The summed E-state index contributed by atoms with van der Waals surface area (Å²) in [6.45, 7) is 1.79. The van der Waals surface area contributed by atoms with Crippen molar-refractivity contribution >= 4 is 59.6 Å². The molecule has 2 aromatic heterocycles. The molecule has 154 valence electrons. The Bertz CT molecular complexity index is 916. The minimum Gasteiger partial charge on any atom is -0.370 e. The standard InChI is InChI=1S/C20H27N7S2/c28-11-9-27(10-12-29)16-7-5-15(6-8-16)24-20-25-18-17(21-13-22-18)19(26-20)23-14-3-1-2-4-14/h5-8,13-14,28-29H,1-4,9-12H2,(H3,21,22,23,24,25,26). The molecule has 0 atom stereocenters. The molecule has 0 bridgehead atoms. The first-order chi connectivity index (χ1) is 14.3. The summed E-state index contributed by atoms with van der Waals surface area (Å²) in [6, 6.07) is 8.75. The number of aromatic nitrogens is 4. The fourth-order valence-corrected chi connectivity index (χ4v) is 4.24. The van der Waals surface area contributed by atoms with E-state index in [4.69, 9.17) is 4.98 Å². The molecule has 3 aromatic rings. The summed E-state index contributed by atoms with van der Waals surface area (Å²) in [5.74, 6) is 2.97. The first kappa shape index (κ1) is 20.2. The molecule has 0 unspecified atom stereocenters. The molecule has 7 nitrogen and oxygen atoms in total. The molecule has 4 rings (SSSR count). The number of thiol groups is 2. The number of aromatic amines is 1. The normalized spacial score (nSPS) is 14.4. The minimum atomic E-state index is 0.466. The molecule has 29 heavy (non-hydrogen) atoms. The van der Waals surface area contributed by atoms with Gasteiger partial charge in [-0.25, -0.2) is 4.98 Å². The van der Waals surface area contributed by atoms with Gasteiger partial charge in [-0.3, -0.25) is 0 Å². The van der Waals surface area contributed by atoms with E-state index in [2.05, 4.69) is 67.9 Å². The van der Waals surface area contributed by atoms with Crippen LogP contribution in [0.1, 0.15) is 25.7 Å². The lowest BCUT2D eigenvalue weighted by Crippen LogP contribution is -2.27. The number of benzene rings is 1. The van der Waals surface area contributed by atoms with E-state index in [1.165, 1.54) is 25.7 Å². The van der Waals surface area contributed by atoms with Crippen molar-refractivity contribution in [2.45, 2.75) is 31.7 Å². The summed E-state index contributed by atoms with van der Waals surface area (Å²) in [5.41, 5.74) is 3.61. The van der Waals surface area contributed by atoms with Crippen LogP contribution in [-0.2, 0) is 0 Å². The van der Waals surface area contributed by atoms with Gasteiger partial charge >= 0.3 is 0 Å². The van der Waals surface area contributed by atoms with E-state index in [9.17, 15) is 0 Å². The summed E-state index contributed by atoms with van der Waals surface area (Å²) in [6.07, 6.45) is 6.56. The third-order valence-electron chi connectivity index (χ3n) is 5.21. The Balaban J connectivity index is 1.52. The number of hydrogen-bond donors (Lipinski definition) is 5. The van der Waals surface area contributed by atoms with Crippen LogP contribution in [0.15, 0.2) is 30.6 Å². The fraction of sp³-hybridized carbons (Fsp3) is 0.450. The Morgan fingerprint density at radius 1 is 1.03 bits per heavy atom. The summed E-state index contributed by atoms with van der Waals surface area (Å²) in [5, 5.41) is 6.88. The van der Waals surface area contributed by atoms with Crippen molar-refractivity contribution in [3.05, 3.63) is 30.6 Å². The van der Waals surface area contributed by atoms with Crippen LogP contribution in [0.3, 0.4) is 0 Å². The van der Waals surface area contributed by atoms with Crippen LogP contribution in [0.4, 0.5) is 23.1 Å². The van der Waals surface area contributed by atoms with Crippen molar-refractivity contribution in [3.8, 4) is 0 Å². The molecule has 2 heterocycles. The van der Waals surface area contributed by atoms with Crippen LogP contribution in [0.2, 0.25) is 0 Å². The molecule has 1 aliphatic carbocycles. The second kappa shape index (κ2) is 9.58. The van der Waals surface area contributed by atoms with E-state index < -0.39 is 0 Å². The first-order valence-electron chi connectivity index (χ1n) is 10.1. The van der Waals surface area contributed by atoms with Gasteiger partial charge in [0.2, 0.25) is 5.95 Å². The maximum atomic E-state index is 4.71. The van der Waals surface area contributed by atoms with E-state index in [1.807, 2.05) is 12.1 Å². The predicted molar refractivity (Wildman–Crippen MR) is 127 cm³/mol. The monoisotopic (exact) mass is 429 g/mol. The Labute approximate surface area is 181 Å². The minimum absolute atomic E-state index is 0.466. The number of H-pyrrole nitrogens is 1. The smallest absolute Gasteiger partial charge is 0.231 e. The number of anilines is 4. The zero-order valence-corrected chi connectivity index (χ0v) is 18.1. The molecule has 0 radical (unpaired) electrons. The van der Waals surface area contributed by atoms with Gasteiger partial charge in [0.1, 0.15) is 5.52 Å². The molecule has 0 amide bonds. The second-order valence-corrected chi connectivity index (χ2v) is 8.12. The van der Waals surface area contributed by atoms with Crippen molar-refractivity contribution < 1.29 is 0 Å². The Kier molecular flexibility index (Phi) is 6.66. The molecule has 3 N–H and O–H groups in total. The van der Waals surface area contributed by atoms with Crippen LogP contribution in [0.25, 0.3) is 11.2 Å². The molecule has 1 aromatic carbocycles. The van der Waals surface area contributed by atoms with E-state index >= 15 is 0 Å². The van der Waals surface area contributed by atoms with E-state index in [0.29, 0.717) is 17.6 Å². The molecular formula is C20H27N7S2. The summed E-state index contributed by atoms with van der Waals surface area (Å²) in [4.78, 5) is 19.0. The lowest BCUT2D eigenvalue weighted by molar-refractivity contribution is 0.751. The van der Waals surface area contributed by atoms with E-state index in [1.54, 1.807) is 6.33 Å². The summed E-state index contributed by atoms with van der Waals surface area (Å²) < 4.78 is 0. The van der Waals surface area contributed by atoms with Crippen molar-refractivity contribution in [3.63, 3.8) is 0 Å². The number of fused-ring (bicyclic) bond motifs is 1. The van der Waals surface area contributed by atoms with Crippen LogP contribution in [-0.4, -0.2) is 50.6 Å². The predicted octanol–water partition coefficient (Wildman–Crippen LogP) is 4.12. The summed E-state index contributed by atoms with van der Waals surface area (Å²) in [7, 11) is 0. The Morgan fingerprint density at radius 2 is 1.76 bits per heavy atom. The topological polar surface area (TPSA) is 81.8 Å². The van der Waals surface area contributed by atoms with Gasteiger partial charge in [-0.2, -0.15) is 35.2 Å². The second-order valence-electron chi connectivity index (χ2n) is 7.23. The molecule has 1 fully saturated rings. The van der Waals surface area contributed by atoms with E-state index in [-0.39, 0.29) is 0 Å². The van der Waals surface area contributed by atoms with Gasteiger partial charge in [0, 0.05) is 42.0 Å². The number of nitrogens with one attached hydrogen (secondary N) is 3. The van der Waals surface area contributed by atoms with Crippen LogP contribution in [0.5, 0.6) is 0 Å². The number of hydrogen-bond acceptors (Lipinski definition) is 8. The SMILES string of the molecule is SCCN(CCS)c1ccc(Nc2nc(NC3CCCC3)c3[nH]cnc3n2)cc1. The highest BCUT2D eigenvalue weighted by Gasteiger charge is 2.18. The van der Waals surface area contributed by atoms with Crippen molar-refractivity contribution in [1.29, 1.82) is 0 Å². The van der Waals surface area contributed by atoms with Gasteiger partial charge in [0.05, 0.1) is 6.33 Å². The van der Waals surface area contributed by atoms with Gasteiger partial charge in [-0.05, 0) is 37.1 Å². The van der Waals surface area contributed by atoms with Crippen molar-refractivity contribution in [2.75, 3.05) is 40.1 Å². The molecule has 1 aliphatic rings. The highest BCUT2D eigenvalue weighted by Crippen LogP contribution is 2.27. The summed E-state index contributed by atoms with van der Waals surface area (Å²) >= 11 is 8.71. The fourth-order valence-electron chi connectivity index (χ4n) is 3.75. The van der Waals surface area contributed by atoms with Crippen LogP contribution < -0.4 is 15.5 Å². The average Bonchev–Trinajstić information content (AvgIpc) is 3.40. The molecular weight excluding hydrogens is 402 g/mol. The average molecular weight is 430 g/mol. The highest BCUT2D eigenvalue weighted by molar-refractivity contribution is 7.80. The van der Waals surface area contributed by atoms with Gasteiger partial charge in [0.15, 0.2) is 11.5 Å². The Hall–Kier alpha value is -2.13. The molecule has 1 saturated carbocycles. The maximum absolute atomic E-state index is 4.71. The number of rotatable bonds is 9. The molecule has 9 heteroatoms. The lowest BCUT2D eigenvalue weighted by Gasteiger charge is -2.23. The number of nitrogens with zero attached hydrogens (tertiary/aromatic N) is 4. The third kappa shape index (κ3) is 4.90. The van der Waals surface area contributed by atoms with Gasteiger partial charge < -0.3 is 20.5 Å². The molecule has 0 spiro atoms. The highest BCUT2D eigenvalue weighted by atomic mass is 32.1. The van der Waals surface area contributed by atoms with Gasteiger partial charge in [-0.1, -0.05) is 12.8 Å². The lowest BCUT2D eigenvalue weighted by atomic mass is 10.2. The van der Waals surface area contributed by atoms with Crippen LogP contribution in [0, 0.1) is 0 Å². The maximum Gasteiger partial charge on any atom is 0.231 e. The van der Waals surface area contributed by atoms with E-state index in [0.717, 1.165) is 47.3 Å². The van der Waals surface area contributed by atoms with Crippen molar-refractivity contribution in [1.82, 2.24) is 19.9 Å². The number of imidazole rings is 1. The van der Waals surface area contributed by atoms with Crippen LogP contribution >= 0.6 is 25.3 Å². The third-order valence-corrected chi connectivity index (χ3v) is 5.61. The zero-order chi connectivity index (χ0) is 20.1. The zero-order valence-electron chi connectivity index (χ0n) is 16.3. The molecule has 0 saturated heterocycles. The molecule has 0 aliphatic heterocycles. The van der Waals surface area contributed by atoms with Gasteiger partial charge in [0.25, 0.3) is 0 Å². The Morgan fingerprint density at radius 3 is 2.45 bits per heavy atom.